The van der Waals surface area contributed by atoms with Gasteiger partial charge in [0, 0.05) is 36.5 Å². The third kappa shape index (κ3) is 7.67. The van der Waals surface area contributed by atoms with Gasteiger partial charge in [-0.15, -0.1) is 11.8 Å². The minimum atomic E-state index is -5.08. The molecule has 1 aromatic rings. The summed E-state index contributed by atoms with van der Waals surface area (Å²) in [5.41, 5.74) is 7.93. The van der Waals surface area contributed by atoms with Crippen molar-refractivity contribution >= 4 is 53.1 Å². The summed E-state index contributed by atoms with van der Waals surface area (Å²) in [6, 6.07) is 6.18. The fourth-order valence-electron chi connectivity index (χ4n) is 4.17. The molecule has 3 aliphatic heterocycles. The Morgan fingerprint density at radius 1 is 1.07 bits per heavy atom. The number of carbonyl (C=O) groups is 6. The molecule has 2 atom stereocenters. The second-order valence-electron chi connectivity index (χ2n) is 9.20. The van der Waals surface area contributed by atoms with Crippen molar-refractivity contribution in [2.45, 2.75) is 43.4 Å². The van der Waals surface area contributed by atoms with Crippen LogP contribution in [0.5, 0.6) is 0 Å². The standard InChI is InChI=1S/C23H24N4O7S.C2HF3O2/c24-18-21(32)27-19(23(33)34)14(11-35-22(18)27)9-13-7-8-26(20(13)31)10-12-1-3-15(4-2-12)25-16(28)5-6-17(29)30;3-2(4,5)1(6)7/h1-4,9,18,22H,5-8,10-11,24H2,(H,25,28)(H,29,30)(H,33,34);(H,6,7)/t18-,22-;/m1./s1. The molecule has 0 radical (unpaired) electrons. The van der Waals surface area contributed by atoms with E-state index in [1.165, 1.54) is 16.7 Å². The lowest BCUT2D eigenvalue weighted by Crippen LogP contribution is -2.68. The predicted molar refractivity (Wildman–Crippen MR) is 139 cm³/mol. The largest absolute Gasteiger partial charge is 0.490 e. The number of hydrogen-bond donors (Lipinski definition) is 5. The number of benzene rings is 1. The van der Waals surface area contributed by atoms with Gasteiger partial charge in [0.05, 0.1) is 6.42 Å². The number of fused-ring (bicyclic) bond motifs is 1. The molecule has 2 saturated heterocycles. The maximum absolute atomic E-state index is 13.0. The van der Waals surface area contributed by atoms with E-state index < -0.39 is 47.3 Å². The van der Waals surface area contributed by atoms with Gasteiger partial charge in [-0.05, 0) is 35.8 Å². The van der Waals surface area contributed by atoms with Gasteiger partial charge in [-0.1, -0.05) is 12.1 Å². The molecule has 3 heterocycles. The maximum atomic E-state index is 13.0. The second kappa shape index (κ2) is 13.1. The van der Waals surface area contributed by atoms with E-state index in [4.69, 9.17) is 20.7 Å². The average Bonchev–Trinajstić information content (AvgIpc) is 3.25. The van der Waals surface area contributed by atoms with Crippen molar-refractivity contribution in [1.29, 1.82) is 0 Å². The first kappa shape index (κ1) is 32.1. The number of thioether (sulfide) groups is 1. The number of amides is 3. The van der Waals surface area contributed by atoms with Crippen LogP contribution >= 0.6 is 11.8 Å². The van der Waals surface area contributed by atoms with Gasteiger partial charge in [0.15, 0.2) is 0 Å². The molecule has 0 aromatic heterocycles. The smallest absolute Gasteiger partial charge is 0.481 e. The maximum Gasteiger partial charge on any atom is 0.490 e. The number of hydrogen-bond acceptors (Lipinski definition) is 8. The second-order valence-corrected chi connectivity index (χ2v) is 10.3. The Morgan fingerprint density at radius 2 is 1.69 bits per heavy atom. The molecule has 226 valence electrons. The first-order chi connectivity index (χ1) is 19.6. The van der Waals surface area contributed by atoms with Crippen LogP contribution in [0.1, 0.15) is 24.8 Å². The topological polar surface area (TPSA) is 208 Å². The van der Waals surface area contributed by atoms with Crippen LogP contribution < -0.4 is 11.1 Å². The van der Waals surface area contributed by atoms with E-state index in [1.807, 2.05) is 0 Å². The van der Waals surface area contributed by atoms with E-state index in [1.54, 1.807) is 35.2 Å². The van der Waals surface area contributed by atoms with Crippen LogP contribution in [0.4, 0.5) is 18.9 Å². The summed E-state index contributed by atoms with van der Waals surface area (Å²) >= 11 is 1.38. The summed E-state index contributed by atoms with van der Waals surface area (Å²) in [6.07, 6.45) is -3.41. The molecule has 42 heavy (non-hydrogen) atoms. The quantitative estimate of drug-likeness (QED) is 0.209. The van der Waals surface area contributed by atoms with Crippen LogP contribution in [-0.2, 0) is 35.3 Å². The number of anilines is 1. The van der Waals surface area contributed by atoms with Crippen LogP contribution in [-0.4, -0.2) is 90.6 Å². The first-order valence-electron chi connectivity index (χ1n) is 12.2. The number of aliphatic carboxylic acids is 3. The van der Waals surface area contributed by atoms with Crippen LogP contribution in [0, 0.1) is 0 Å². The fourth-order valence-corrected chi connectivity index (χ4v) is 5.42. The molecule has 0 bridgehead atoms. The third-order valence-corrected chi connectivity index (χ3v) is 7.55. The van der Waals surface area contributed by atoms with Gasteiger partial charge in [-0.25, -0.2) is 9.59 Å². The van der Waals surface area contributed by atoms with Crippen molar-refractivity contribution in [3.63, 3.8) is 0 Å². The highest BCUT2D eigenvalue weighted by molar-refractivity contribution is 8.00. The highest BCUT2D eigenvalue weighted by atomic mass is 32.2. The lowest BCUT2D eigenvalue weighted by Gasteiger charge is -2.47. The zero-order valence-electron chi connectivity index (χ0n) is 21.6. The number of carbonyl (C=O) groups excluding carboxylic acids is 3. The van der Waals surface area contributed by atoms with E-state index in [9.17, 15) is 42.3 Å². The number of nitrogens with two attached hydrogens (primary N) is 1. The fraction of sp³-hybridized carbons (Fsp3) is 0.360. The van der Waals surface area contributed by atoms with Gasteiger partial charge in [-0.2, -0.15) is 13.2 Å². The van der Waals surface area contributed by atoms with Crippen molar-refractivity contribution < 1.29 is 57.3 Å². The molecule has 0 aliphatic carbocycles. The Hall–Kier alpha value is -4.38. The molecule has 17 heteroatoms. The minimum Gasteiger partial charge on any atom is -0.481 e. The van der Waals surface area contributed by atoms with Gasteiger partial charge >= 0.3 is 24.1 Å². The van der Waals surface area contributed by atoms with Gasteiger partial charge in [0.25, 0.3) is 0 Å². The van der Waals surface area contributed by atoms with Crippen molar-refractivity contribution in [1.82, 2.24) is 9.80 Å². The number of nitrogens with one attached hydrogen (secondary N) is 1. The van der Waals surface area contributed by atoms with E-state index in [0.29, 0.717) is 42.1 Å². The summed E-state index contributed by atoms with van der Waals surface area (Å²) in [7, 11) is 0. The van der Waals surface area contributed by atoms with Gasteiger partial charge in [-0.3, -0.25) is 24.1 Å². The molecule has 0 unspecified atom stereocenters. The minimum absolute atomic E-state index is 0.111. The van der Waals surface area contributed by atoms with E-state index >= 15 is 0 Å². The van der Waals surface area contributed by atoms with Crippen molar-refractivity contribution in [3.05, 3.63) is 52.7 Å². The Kier molecular flexibility index (Phi) is 10.0. The average molecular weight is 615 g/mol. The molecule has 13 nitrogen and oxygen atoms in total. The highest BCUT2D eigenvalue weighted by Gasteiger charge is 2.51. The molecule has 0 spiro atoms. The number of carboxylic acids is 3. The van der Waals surface area contributed by atoms with Crippen LogP contribution in [0.3, 0.4) is 0 Å². The number of nitrogens with zero attached hydrogens (tertiary/aromatic N) is 2. The van der Waals surface area contributed by atoms with Gasteiger partial charge < -0.3 is 31.3 Å². The monoisotopic (exact) mass is 614 g/mol. The lowest BCUT2D eigenvalue weighted by molar-refractivity contribution is -0.192. The Morgan fingerprint density at radius 3 is 2.24 bits per heavy atom. The molecule has 0 saturated carbocycles. The number of β-lactam (4-membered cyclic amide) rings is 1. The normalized spacial score (nSPS) is 20.9. The SMILES string of the molecule is N[C@@H]1C(=O)N2C(C(=O)O)=C(C=C3CCN(Cc4ccc(NC(=O)CCC(=O)O)cc4)C3=O)CS[C@H]12.O=C(O)C(F)(F)F. The highest BCUT2D eigenvalue weighted by Crippen LogP contribution is 2.40. The zero-order valence-corrected chi connectivity index (χ0v) is 22.4. The molecule has 1 aromatic carbocycles. The Balaban J connectivity index is 0.000000616. The van der Waals surface area contributed by atoms with Gasteiger partial charge in [0.1, 0.15) is 17.1 Å². The third-order valence-electron chi connectivity index (χ3n) is 6.22. The molecular formula is C25H25F3N4O9S. The predicted octanol–water partition coefficient (Wildman–Crippen LogP) is 1.36. The number of allylic oxidation sites excluding steroid dienone is 1. The summed E-state index contributed by atoms with van der Waals surface area (Å²) in [6.45, 7) is 0.807. The number of carboxylic acid groups (broad SMARTS) is 3. The van der Waals surface area contributed by atoms with Crippen molar-refractivity contribution in [2.75, 3.05) is 17.6 Å². The van der Waals surface area contributed by atoms with Crippen molar-refractivity contribution in [2.24, 2.45) is 5.73 Å². The molecule has 2 fully saturated rings. The Labute approximate surface area is 239 Å². The molecule has 3 aliphatic rings. The number of likely N-dealkylation sites (tertiary alicyclic amines) is 1. The number of alkyl halides is 3. The van der Waals surface area contributed by atoms with Crippen LogP contribution in [0.2, 0.25) is 0 Å². The van der Waals surface area contributed by atoms with Crippen LogP contribution in [0.25, 0.3) is 0 Å². The van der Waals surface area contributed by atoms with E-state index in [2.05, 4.69) is 5.32 Å². The zero-order chi connectivity index (χ0) is 31.4. The molecule has 4 rings (SSSR count). The molecule has 6 N–H and O–H groups in total. The molecule has 3 amide bonds. The molecular weight excluding hydrogens is 589 g/mol. The summed E-state index contributed by atoms with van der Waals surface area (Å²) in [4.78, 5) is 71.0. The first-order valence-corrected chi connectivity index (χ1v) is 13.2. The van der Waals surface area contributed by atoms with E-state index in [-0.39, 0.29) is 24.4 Å². The van der Waals surface area contributed by atoms with Crippen molar-refractivity contribution in [3.8, 4) is 0 Å². The van der Waals surface area contributed by atoms with Crippen LogP contribution in [0.15, 0.2) is 47.2 Å². The van der Waals surface area contributed by atoms with E-state index in [0.717, 1.165) is 5.56 Å². The lowest BCUT2D eigenvalue weighted by atomic mass is 10.0. The number of halogens is 3. The summed E-state index contributed by atoms with van der Waals surface area (Å²) < 4.78 is 31.7. The summed E-state index contributed by atoms with van der Waals surface area (Å²) in [5, 5.41) is 27.7. The number of rotatable bonds is 8. The Bertz CT molecular complexity index is 1360. The van der Waals surface area contributed by atoms with Gasteiger partial charge in [0.2, 0.25) is 17.7 Å². The summed E-state index contributed by atoms with van der Waals surface area (Å²) in [5.74, 6) is -5.70.